The second-order valence-corrected chi connectivity index (χ2v) is 4.89. The average Bonchev–Trinajstić information content (AvgIpc) is 2.61. The standard InChI is InChI=1S/C12H16N2OS/c1-8(2)11(4-13)12(15)14-5-10-7-16-6-9(10)3/h6-8,11H,5H2,1-3H3,(H,14,15). The zero-order chi connectivity index (χ0) is 12.1. The van der Waals surface area contributed by atoms with Crippen molar-refractivity contribution < 1.29 is 4.79 Å². The van der Waals surface area contributed by atoms with Crippen molar-refractivity contribution in [3.63, 3.8) is 0 Å². The topological polar surface area (TPSA) is 52.9 Å². The lowest BCUT2D eigenvalue weighted by atomic mass is 9.96. The number of nitriles is 1. The molecule has 0 aliphatic carbocycles. The molecule has 0 saturated heterocycles. The molecule has 1 atom stereocenters. The second-order valence-electron chi connectivity index (χ2n) is 4.15. The molecule has 0 saturated carbocycles. The number of hydrogen-bond acceptors (Lipinski definition) is 3. The van der Waals surface area contributed by atoms with Crippen LogP contribution in [0, 0.1) is 30.1 Å². The predicted octanol–water partition coefficient (Wildman–Crippen LogP) is 2.47. The Morgan fingerprint density at radius 2 is 2.25 bits per heavy atom. The normalized spacial score (nSPS) is 12.2. The SMILES string of the molecule is Cc1cscc1CNC(=O)C(C#N)C(C)C. The molecule has 1 N–H and O–H groups in total. The molecule has 0 aliphatic rings. The van der Waals surface area contributed by atoms with Gasteiger partial charge < -0.3 is 5.32 Å². The number of carbonyl (C=O) groups is 1. The minimum atomic E-state index is -0.557. The molecule has 16 heavy (non-hydrogen) atoms. The summed E-state index contributed by atoms with van der Waals surface area (Å²) in [4.78, 5) is 11.7. The van der Waals surface area contributed by atoms with E-state index in [9.17, 15) is 4.79 Å². The molecule has 0 aliphatic heterocycles. The molecule has 1 aromatic rings. The Balaban J connectivity index is 2.53. The van der Waals surface area contributed by atoms with Crippen LogP contribution < -0.4 is 5.32 Å². The van der Waals surface area contributed by atoms with E-state index in [-0.39, 0.29) is 11.8 Å². The summed E-state index contributed by atoms with van der Waals surface area (Å²) in [6.07, 6.45) is 0. The van der Waals surface area contributed by atoms with Crippen molar-refractivity contribution in [1.29, 1.82) is 5.26 Å². The fourth-order valence-corrected chi connectivity index (χ4v) is 2.23. The monoisotopic (exact) mass is 236 g/mol. The molecule has 3 nitrogen and oxygen atoms in total. The maximum absolute atomic E-state index is 11.7. The molecule has 4 heteroatoms. The largest absolute Gasteiger partial charge is 0.351 e. The molecule has 1 aromatic heterocycles. The summed E-state index contributed by atoms with van der Waals surface area (Å²) < 4.78 is 0. The highest BCUT2D eigenvalue weighted by Crippen LogP contribution is 2.14. The van der Waals surface area contributed by atoms with E-state index in [0.717, 1.165) is 5.56 Å². The van der Waals surface area contributed by atoms with Crippen LogP contribution in [0.25, 0.3) is 0 Å². The summed E-state index contributed by atoms with van der Waals surface area (Å²) in [5.41, 5.74) is 2.31. The van der Waals surface area contributed by atoms with Gasteiger partial charge >= 0.3 is 0 Å². The van der Waals surface area contributed by atoms with E-state index in [0.29, 0.717) is 6.54 Å². The number of nitrogens with one attached hydrogen (secondary N) is 1. The summed E-state index contributed by atoms with van der Waals surface area (Å²) >= 11 is 1.62. The molecule has 86 valence electrons. The first-order chi connectivity index (χ1) is 7.56. The van der Waals surface area contributed by atoms with Gasteiger partial charge in [-0.2, -0.15) is 16.6 Å². The Labute approximate surface area is 100 Å². The molecule has 0 spiro atoms. The quantitative estimate of drug-likeness (QED) is 0.873. The van der Waals surface area contributed by atoms with Crippen LogP contribution >= 0.6 is 11.3 Å². The average molecular weight is 236 g/mol. The minimum Gasteiger partial charge on any atom is -0.351 e. The van der Waals surface area contributed by atoms with Gasteiger partial charge in [-0.1, -0.05) is 13.8 Å². The Hall–Kier alpha value is -1.34. The van der Waals surface area contributed by atoms with Crippen LogP contribution in [0.1, 0.15) is 25.0 Å². The molecule has 0 aromatic carbocycles. The molecule has 0 bridgehead atoms. The van der Waals surface area contributed by atoms with E-state index in [1.165, 1.54) is 5.56 Å². The highest BCUT2D eigenvalue weighted by molar-refractivity contribution is 7.08. The number of thiophene rings is 1. The van der Waals surface area contributed by atoms with Gasteiger partial charge in [-0.25, -0.2) is 0 Å². The Morgan fingerprint density at radius 3 is 2.69 bits per heavy atom. The number of carbonyl (C=O) groups excluding carboxylic acids is 1. The number of amides is 1. The van der Waals surface area contributed by atoms with Gasteiger partial charge in [-0.05, 0) is 34.7 Å². The van der Waals surface area contributed by atoms with E-state index in [2.05, 4.69) is 5.32 Å². The first-order valence-electron chi connectivity index (χ1n) is 5.25. The van der Waals surface area contributed by atoms with Crippen molar-refractivity contribution in [1.82, 2.24) is 5.32 Å². The molecular weight excluding hydrogens is 220 g/mol. The zero-order valence-electron chi connectivity index (χ0n) is 9.78. The third kappa shape index (κ3) is 3.07. The van der Waals surface area contributed by atoms with E-state index in [4.69, 9.17) is 5.26 Å². The summed E-state index contributed by atoms with van der Waals surface area (Å²) in [6.45, 7) is 6.29. The van der Waals surface area contributed by atoms with Gasteiger partial charge in [0.05, 0.1) is 6.07 Å². The van der Waals surface area contributed by atoms with Crippen LogP contribution in [0.4, 0.5) is 0 Å². The van der Waals surface area contributed by atoms with E-state index in [1.54, 1.807) is 11.3 Å². The Kier molecular flexibility index (Phi) is 4.51. The number of nitrogens with zero attached hydrogens (tertiary/aromatic N) is 1. The zero-order valence-corrected chi connectivity index (χ0v) is 10.6. The van der Waals surface area contributed by atoms with Crippen LogP contribution in [0.2, 0.25) is 0 Å². The highest BCUT2D eigenvalue weighted by Gasteiger charge is 2.21. The van der Waals surface area contributed by atoms with Crippen molar-refractivity contribution >= 4 is 17.2 Å². The van der Waals surface area contributed by atoms with Crippen molar-refractivity contribution in [2.24, 2.45) is 11.8 Å². The Bertz CT molecular complexity index is 403. The number of rotatable bonds is 4. The van der Waals surface area contributed by atoms with Gasteiger partial charge in [0.2, 0.25) is 5.91 Å². The maximum Gasteiger partial charge on any atom is 0.237 e. The fraction of sp³-hybridized carbons (Fsp3) is 0.500. The van der Waals surface area contributed by atoms with Crippen molar-refractivity contribution in [2.45, 2.75) is 27.3 Å². The number of aryl methyl sites for hydroxylation is 1. The van der Waals surface area contributed by atoms with Gasteiger partial charge in [-0.3, -0.25) is 4.79 Å². The summed E-state index contributed by atoms with van der Waals surface area (Å²) in [5.74, 6) is -0.685. The van der Waals surface area contributed by atoms with E-state index in [1.807, 2.05) is 37.6 Å². The molecule has 1 amide bonds. The van der Waals surface area contributed by atoms with Crippen molar-refractivity contribution in [3.8, 4) is 6.07 Å². The maximum atomic E-state index is 11.7. The van der Waals surface area contributed by atoms with Crippen LogP contribution in [-0.2, 0) is 11.3 Å². The third-order valence-corrected chi connectivity index (χ3v) is 3.41. The second kappa shape index (κ2) is 5.66. The van der Waals surface area contributed by atoms with Crippen molar-refractivity contribution in [2.75, 3.05) is 0 Å². The lowest BCUT2D eigenvalue weighted by Crippen LogP contribution is -2.32. The van der Waals surface area contributed by atoms with Crippen LogP contribution in [0.15, 0.2) is 10.8 Å². The minimum absolute atomic E-state index is 0.0496. The predicted molar refractivity (Wildman–Crippen MR) is 64.8 cm³/mol. The summed E-state index contributed by atoms with van der Waals surface area (Å²) in [7, 11) is 0. The third-order valence-electron chi connectivity index (χ3n) is 2.50. The van der Waals surface area contributed by atoms with Gasteiger partial charge in [0.15, 0.2) is 0 Å². The van der Waals surface area contributed by atoms with Crippen LogP contribution in [0.3, 0.4) is 0 Å². The molecule has 1 heterocycles. The van der Waals surface area contributed by atoms with Gasteiger partial charge in [-0.15, -0.1) is 0 Å². The molecule has 1 rings (SSSR count). The highest BCUT2D eigenvalue weighted by atomic mass is 32.1. The lowest BCUT2D eigenvalue weighted by Gasteiger charge is -2.12. The number of hydrogen-bond donors (Lipinski definition) is 1. The first kappa shape index (κ1) is 12.7. The Morgan fingerprint density at radius 1 is 1.56 bits per heavy atom. The molecule has 0 radical (unpaired) electrons. The first-order valence-corrected chi connectivity index (χ1v) is 6.19. The summed E-state index contributed by atoms with van der Waals surface area (Å²) in [6, 6.07) is 2.04. The van der Waals surface area contributed by atoms with Crippen LogP contribution in [0.5, 0.6) is 0 Å². The smallest absolute Gasteiger partial charge is 0.237 e. The summed E-state index contributed by atoms with van der Waals surface area (Å²) in [5, 5.41) is 15.7. The lowest BCUT2D eigenvalue weighted by molar-refractivity contribution is -0.124. The molecule has 0 fully saturated rings. The van der Waals surface area contributed by atoms with E-state index >= 15 is 0 Å². The molecule has 1 unspecified atom stereocenters. The van der Waals surface area contributed by atoms with Gasteiger partial charge in [0.1, 0.15) is 5.92 Å². The molecular formula is C12H16N2OS. The fourth-order valence-electron chi connectivity index (χ4n) is 1.37. The van der Waals surface area contributed by atoms with Gasteiger partial charge in [0.25, 0.3) is 0 Å². The van der Waals surface area contributed by atoms with Crippen molar-refractivity contribution in [3.05, 3.63) is 21.9 Å². The van der Waals surface area contributed by atoms with Gasteiger partial charge in [0, 0.05) is 6.54 Å². The van der Waals surface area contributed by atoms with Crippen LogP contribution in [-0.4, -0.2) is 5.91 Å². The van der Waals surface area contributed by atoms with E-state index < -0.39 is 5.92 Å².